The van der Waals surface area contributed by atoms with Crippen LogP contribution in [0.4, 0.5) is 0 Å². The van der Waals surface area contributed by atoms with Gasteiger partial charge in [-0.2, -0.15) is 0 Å². The number of hydrogen-bond donors (Lipinski definition) is 2. The summed E-state index contributed by atoms with van der Waals surface area (Å²) in [5.41, 5.74) is 0.250. The molecule has 1 heterocycles. The fourth-order valence-electron chi connectivity index (χ4n) is 1.60. The van der Waals surface area contributed by atoms with E-state index >= 15 is 0 Å². The highest BCUT2D eigenvalue weighted by Crippen LogP contribution is 2.20. The molecule has 5 heteroatoms. The van der Waals surface area contributed by atoms with Gasteiger partial charge in [0.05, 0.1) is 7.11 Å². The molecule has 0 aliphatic carbocycles. The molecule has 0 spiro atoms. The van der Waals surface area contributed by atoms with E-state index in [0.29, 0.717) is 18.0 Å². The lowest BCUT2D eigenvalue weighted by Gasteiger charge is -2.21. The zero-order valence-electron chi connectivity index (χ0n) is 11.8. The first-order valence-corrected chi connectivity index (χ1v) is 6.37. The largest absolute Gasteiger partial charge is 0.497 e. The third kappa shape index (κ3) is 5.26. The van der Waals surface area contributed by atoms with Crippen LogP contribution < -0.4 is 10.1 Å². The number of aliphatic hydroxyl groups excluding tert-OH is 1. The number of carbonyl (C=O) groups excluding carboxylic acids is 1. The average molecular weight is 266 g/mol. The first-order chi connectivity index (χ1) is 8.98. The van der Waals surface area contributed by atoms with Crippen molar-refractivity contribution in [3.05, 3.63) is 24.0 Å². The van der Waals surface area contributed by atoms with Gasteiger partial charge in [-0.05, 0) is 24.3 Å². The Morgan fingerprint density at radius 1 is 1.53 bits per heavy atom. The number of carbonyl (C=O) groups is 1. The second-order valence-corrected chi connectivity index (χ2v) is 5.26. The molecule has 1 rings (SSSR count). The van der Waals surface area contributed by atoms with Gasteiger partial charge in [0.15, 0.2) is 0 Å². The minimum absolute atomic E-state index is 0.0983. The summed E-state index contributed by atoms with van der Waals surface area (Å²) in [7, 11) is 1.55. The lowest BCUT2D eigenvalue weighted by Crippen LogP contribution is -2.27. The van der Waals surface area contributed by atoms with E-state index in [-0.39, 0.29) is 17.9 Å². The summed E-state index contributed by atoms with van der Waals surface area (Å²) in [6.07, 6.45) is 3.22. The molecule has 1 aromatic rings. The summed E-state index contributed by atoms with van der Waals surface area (Å²) in [5.74, 6) is 0.405. The number of rotatable bonds is 7. The number of methoxy groups -OCH3 is 1. The molecular weight excluding hydrogens is 244 g/mol. The maximum absolute atomic E-state index is 11.8. The number of aliphatic hydroxyl groups is 1. The predicted octanol–water partition coefficient (Wildman–Crippen LogP) is 1.62. The van der Waals surface area contributed by atoms with Gasteiger partial charge in [-0.1, -0.05) is 13.8 Å². The van der Waals surface area contributed by atoms with E-state index in [1.54, 1.807) is 25.4 Å². The van der Waals surface area contributed by atoms with E-state index in [9.17, 15) is 4.79 Å². The van der Waals surface area contributed by atoms with Gasteiger partial charge in [0, 0.05) is 25.4 Å². The zero-order valence-corrected chi connectivity index (χ0v) is 11.8. The number of nitrogens with one attached hydrogen (secondary N) is 1. The Morgan fingerprint density at radius 3 is 2.89 bits per heavy atom. The third-order valence-corrected chi connectivity index (χ3v) is 2.94. The lowest BCUT2D eigenvalue weighted by atomic mass is 9.89. The van der Waals surface area contributed by atoms with E-state index in [0.717, 1.165) is 12.8 Å². The standard InChI is InChI=1S/C14H22N2O3/c1-14(2,10-17)6-4-7-16-13(18)12-9-11(19-3)5-8-15-12/h5,8-9,17H,4,6-7,10H2,1-3H3,(H,16,18). The van der Waals surface area contributed by atoms with Gasteiger partial charge in [0.25, 0.3) is 5.91 Å². The van der Waals surface area contributed by atoms with E-state index in [1.807, 2.05) is 13.8 Å². The van der Waals surface area contributed by atoms with Crippen molar-refractivity contribution in [2.45, 2.75) is 26.7 Å². The highest BCUT2D eigenvalue weighted by Gasteiger charge is 2.16. The topological polar surface area (TPSA) is 71.5 Å². The van der Waals surface area contributed by atoms with E-state index in [2.05, 4.69) is 10.3 Å². The van der Waals surface area contributed by atoms with Crippen LogP contribution in [-0.2, 0) is 0 Å². The molecule has 0 saturated heterocycles. The van der Waals surface area contributed by atoms with Crippen molar-refractivity contribution >= 4 is 5.91 Å². The molecule has 1 aromatic heterocycles. The van der Waals surface area contributed by atoms with Crippen molar-refractivity contribution < 1.29 is 14.6 Å². The molecule has 0 radical (unpaired) electrons. The molecule has 19 heavy (non-hydrogen) atoms. The average Bonchev–Trinajstić information content (AvgIpc) is 2.43. The molecule has 5 nitrogen and oxygen atoms in total. The molecule has 2 N–H and O–H groups in total. The molecule has 0 aliphatic heterocycles. The maximum Gasteiger partial charge on any atom is 0.270 e. The van der Waals surface area contributed by atoms with Crippen molar-refractivity contribution in [1.82, 2.24) is 10.3 Å². The number of pyridine rings is 1. The van der Waals surface area contributed by atoms with Gasteiger partial charge in [0.1, 0.15) is 11.4 Å². The molecule has 0 unspecified atom stereocenters. The number of aromatic nitrogens is 1. The highest BCUT2D eigenvalue weighted by molar-refractivity contribution is 5.92. The maximum atomic E-state index is 11.8. The van der Waals surface area contributed by atoms with Crippen molar-refractivity contribution in [1.29, 1.82) is 0 Å². The van der Waals surface area contributed by atoms with Crippen molar-refractivity contribution in [3.63, 3.8) is 0 Å². The summed E-state index contributed by atoms with van der Waals surface area (Å²) in [5, 5.41) is 11.9. The summed E-state index contributed by atoms with van der Waals surface area (Å²) in [6, 6.07) is 3.30. The van der Waals surface area contributed by atoms with Crippen molar-refractivity contribution in [2.24, 2.45) is 5.41 Å². The van der Waals surface area contributed by atoms with Gasteiger partial charge >= 0.3 is 0 Å². The molecule has 0 bridgehead atoms. The van der Waals surface area contributed by atoms with Gasteiger partial charge in [0.2, 0.25) is 0 Å². The lowest BCUT2D eigenvalue weighted by molar-refractivity contribution is 0.0943. The third-order valence-electron chi connectivity index (χ3n) is 2.94. The minimum Gasteiger partial charge on any atom is -0.497 e. The molecule has 0 aromatic carbocycles. The molecule has 0 fully saturated rings. The van der Waals surface area contributed by atoms with Crippen LogP contribution >= 0.6 is 0 Å². The fraction of sp³-hybridized carbons (Fsp3) is 0.571. The van der Waals surface area contributed by atoms with Gasteiger partial charge < -0.3 is 15.2 Å². The second kappa shape index (κ2) is 7.09. The smallest absolute Gasteiger partial charge is 0.270 e. The number of hydrogen-bond acceptors (Lipinski definition) is 4. The van der Waals surface area contributed by atoms with E-state index in [4.69, 9.17) is 9.84 Å². The Balaban J connectivity index is 2.39. The van der Waals surface area contributed by atoms with Crippen molar-refractivity contribution in [2.75, 3.05) is 20.3 Å². The first kappa shape index (κ1) is 15.4. The SMILES string of the molecule is COc1ccnc(C(=O)NCCCC(C)(C)CO)c1. The quantitative estimate of drug-likeness (QED) is 0.736. The van der Waals surface area contributed by atoms with Crippen LogP contribution in [0.2, 0.25) is 0 Å². The molecule has 0 saturated carbocycles. The normalized spacial score (nSPS) is 11.2. The fourth-order valence-corrected chi connectivity index (χ4v) is 1.60. The molecule has 1 amide bonds. The molecule has 0 atom stereocenters. The summed E-state index contributed by atoms with van der Waals surface area (Å²) >= 11 is 0. The van der Waals surface area contributed by atoms with Crippen LogP contribution in [-0.4, -0.2) is 36.3 Å². The zero-order chi connectivity index (χ0) is 14.3. The monoisotopic (exact) mass is 266 g/mol. The minimum atomic E-state index is -0.208. The molecule has 0 aliphatic rings. The molecular formula is C14H22N2O3. The van der Waals surface area contributed by atoms with E-state index in [1.165, 1.54) is 0 Å². The number of ether oxygens (including phenoxy) is 1. The Hall–Kier alpha value is -1.62. The van der Waals surface area contributed by atoms with Crippen LogP contribution in [0, 0.1) is 5.41 Å². The van der Waals surface area contributed by atoms with E-state index < -0.39 is 0 Å². The highest BCUT2D eigenvalue weighted by atomic mass is 16.5. The predicted molar refractivity (Wildman–Crippen MR) is 73.2 cm³/mol. The van der Waals surface area contributed by atoms with Gasteiger partial charge in [-0.3, -0.25) is 9.78 Å². The Morgan fingerprint density at radius 2 is 2.26 bits per heavy atom. The van der Waals surface area contributed by atoms with Gasteiger partial charge in [-0.15, -0.1) is 0 Å². The number of nitrogens with zero attached hydrogens (tertiary/aromatic N) is 1. The second-order valence-electron chi connectivity index (χ2n) is 5.26. The van der Waals surface area contributed by atoms with Crippen LogP contribution in [0.1, 0.15) is 37.2 Å². The Kier molecular flexibility index (Phi) is 5.76. The Labute approximate surface area is 114 Å². The first-order valence-electron chi connectivity index (χ1n) is 6.37. The van der Waals surface area contributed by atoms with Crippen molar-refractivity contribution in [3.8, 4) is 5.75 Å². The Bertz CT molecular complexity index is 419. The summed E-state index contributed by atoms with van der Waals surface area (Å²) in [4.78, 5) is 15.8. The summed E-state index contributed by atoms with van der Waals surface area (Å²) in [6.45, 7) is 4.72. The molecule has 106 valence electrons. The van der Waals surface area contributed by atoms with Crippen LogP contribution in [0.3, 0.4) is 0 Å². The van der Waals surface area contributed by atoms with Gasteiger partial charge in [-0.25, -0.2) is 0 Å². The van der Waals surface area contributed by atoms with Crippen LogP contribution in [0.25, 0.3) is 0 Å². The van der Waals surface area contributed by atoms with Crippen LogP contribution in [0.15, 0.2) is 18.3 Å². The number of amides is 1. The summed E-state index contributed by atoms with van der Waals surface area (Å²) < 4.78 is 5.04. The van der Waals surface area contributed by atoms with Crippen LogP contribution in [0.5, 0.6) is 5.75 Å².